The summed E-state index contributed by atoms with van der Waals surface area (Å²) < 4.78 is 0. The van der Waals surface area contributed by atoms with E-state index in [4.69, 9.17) is 0 Å². The normalized spacial score (nSPS) is 31.4. The minimum atomic E-state index is -0.0525. The number of nitrogens with one attached hydrogen (secondary N) is 1. The van der Waals surface area contributed by atoms with Crippen LogP contribution < -0.4 is 5.32 Å². The van der Waals surface area contributed by atoms with Crippen molar-refractivity contribution in [2.24, 2.45) is 11.8 Å². The number of hydrogen-bond donors (Lipinski definition) is 2. The van der Waals surface area contributed by atoms with Crippen LogP contribution in [-0.4, -0.2) is 41.7 Å². The Morgan fingerprint density at radius 2 is 2.06 bits per heavy atom. The number of carbonyl (C=O) groups excluding carboxylic acids is 1. The SMILES string of the molecule is O=C1NC(CO)C2CN(Cc3ccccc3)CC12. The van der Waals surface area contributed by atoms with Crippen molar-refractivity contribution in [1.29, 1.82) is 0 Å². The molecular formula is C14H18N2O2. The minimum absolute atomic E-state index is 0.0477. The van der Waals surface area contributed by atoms with Gasteiger partial charge in [-0.1, -0.05) is 30.3 Å². The highest BCUT2D eigenvalue weighted by atomic mass is 16.3. The van der Waals surface area contributed by atoms with E-state index in [0.717, 1.165) is 19.6 Å². The van der Waals surface area contributed by atoms with Crippen molar-refractivity contribution >= 4 is 5.91 Å². The average molecular weight is 246 g/mol. The second kappa shape index (κ2) is 4.71. The van der Waals surface area contributed by atoms with Crippen LogP contribution in [0.1, 0.15) is 5.56 Å². The molecule has 3 rings (SSSR count). The van der Waals surface area contributed by atoms with Crippen molar-refractivity contribution in [2.75, 3.05) is 19.7 Å². The number of amides is 1. The summed E-state index contributed by atoms with van der Waals surface area (Å²) in [6, 6.07) is 10.3. The molecule has 2 saturated heterocycles. The van der Waals surface area contributed by atoms with E-state index in [1.54, 1.807) is 0 Å². The molecule has 3 unspecified atom stereocenters. The van der Waals surface area contributed by atoms with E-state index in [1.165, 1.54) is 5.56 Å². The van der Waals surface area contributed by atoms with E-state index in [-0.39, 0.29) is 30.4 Å². The fourth-order valence-electron chi connectivity index (χ4n) is 3.15. The summed E-state index contributed by atoms with van der Waals surface area (Å²) in [4.78, 5) is 14.1. The van der Waals surface area contributed by atoms with Gasteiger partial charge < -0.3 is 10.4 Å². The highest BCUT2D eigenvalue weighted by Crippen LogP contribution is 2.32. The van der Waals surface area contributed by atoms with Crippen molar-refractivity contribution in [3.8, 4) is 0 Å². The first-order valence-electron chi connectivity index (χ1n) is 6.45. The molecule has 1 amide bonds. The number of rotatable bonds is 3. The van der Waals surface area contributed by atoms with Crippen LogP contribution in [0.2, 0.25) is 0 Å². The van der Waals surface area contributed by atoms with Crippen LogP contribution in [-0.2, 0) is 11.3 Å². The second-order valence-corrected chi connectivity index (χ2v) is 5.25. The smallest absolute Gasteiger partial charge is 0.225 e. The summed E-state index contributed by atoms with van der Waals surface area (Å²) >= 11 is 0. The number of fused-ring (bicyclic) bond motifs is 1. The van der Waals surface area contributed by atoms with Crippen LogP contribution in [0.3, 0.4) is 0 Å². The van der Waals surface area contributed by atoms with Crippen LogP contribution in [0.5, 0.6) is 0 Å². The van der Waals surface area contributed by atoms with Gasteiger partial charge in [-0.25, -0.2) is 0 Å². The predicted octanol–water partition coefficient (Wildman–Crippen LogP) is 0.225. The predicted molar refractivity (Wildman–Crippen MR) is 67.7 cm³/mol. The molecule has 2 N–H and O–H groups in total. The third-order valence-corrected chi connectivity index (χ3v) is 4.07. The molecule has 4 heteroatoms. The Labute approximate surface area is 107 Å². The molecule has 0 radical (unpaired) electrons. The van der Waals surface area contributed by atoms with Gasteiger partial charge in [0, 0.05) is 25.6 Å². The second-order valence-electron chi connectivity index (χ2n) is 5.25. The Hall–Kier alpha value is -1.39. The summed E-state index contributed by atoms with van der Waals surface area (Å²) in [7, 11) is 0. The fraction of sp³-hybridized carbons (Fsp3) is 0.500. The third kappa shape index (κ3) is 2.02. The van der Waals surface area contributed by atoms with Gasteiger partial charge in [0.25, 0.3) is 0 Å². The summed E-state index contributed by atoms with van der Waals surface area (Å²) in [5.41, 5.74) is 1.28. The van der Waals surface area contributed by atoms with Crippen LogP contribution in [0.4, 0.5) is 0 Å². The summed E-state index contributed by atoms with van der Waals surface area (Å²) in [5.74, 6) is 0.437. The zero-order valence-electron chi connectivity index (χ0n) is 10.2. The van der Waals surface area contributed by atoms with Crippen LogP contribution in [0, 0.1) is 11.8 Å². The Balaban J connectivity index is 1.67. The van der Waals surface area contributed by atoms with Gasteiger partial charge in [0.15, 0.2) is 0 Å². The standard InChI is InChI=1S/C14H18N2O2/c17-9-13-11-7-16(8-12(11)14(18)15-13)6-10-4-2-1-3-5-10/h1-5,11-13,17H,6-9H2,(H,15,18). The molecule has 2 aliphatic rings. The number of nitrogens with zero attached hydrogens (tertiary/aromatic N) is 1. The van der Waals surface area contributed by atoms with Crippen molar-refractivity contribution in [3.05, 3.63) is 35.9 Å². The molecule has 4 nitrogen and oxygen atoms in total. The van der Waals surface area contributed by atoms with Gasteiger partial charge in [0.1, 0.15) is 0 Å². The first-order chi connectivity index (χ1) is 8.78. The van der Waals surface area contributed by atoms with E-state index in [2.05, 4.69) is 22.3 Å². The molecular weight excluding hydrogens is 228 g/mol. The number of aliphatic hydroxyl groups excluding tert-OH is 1. The van der Waals surface area contributed by atoms with Crippen molar-refractivity contribution in [3.63, 3.8) is 0 Å². The van der Waals surface area contributed by atoms with Gasteiger partial charge in [-0.2, -0.15) is 0 Å². The molecule has 1 aromatic carbocycles. The molecule has 0 spiro atoms. The maximum Gasteiger partial charge on any atom is 0.225 e. The highest BCUT2D eigenvalue weighted by molar-refractivity contribution is 5.82. The first-order valence-corrected chi connectivity index (χ1v) is 6.45. The molecule has 1 aromatic rings. The van der Waals surface area contributed by atoms with Gasteiger partial charge in [0.05, 0.1) is 18.6 Å². The molecule has 2 fully saturated rings. The average Bonchev–Trinajstić information content (AvgIpc) is 2.91. The zero-order chi connectivity index (χ0) is 12.5. The zero-order valence-corrected chi connectivity index (χ0v) is 10.2. The highest BCUT2D eigenvalue weighted by Gasteiger charge is 2.47. The lowest BCUT2D eigenvalue weighted by molar-refractivity contribution is -0.122. The van der Waals surface area contributed by atoms with Gasteiger partial charge in [-0.05, 0) is 5.56 Å². The summed E-state index contributed by atoms with van der Waals surface area (Å²) in [5, 5.41) is 12.1. The number of likely N-dealkylation sites (tertiary alicyclic amines) is 1. The van der Waals surface area contributed by atoms with Gasteiger partial charge in [0.2, 0.25) is 5.91 Å². The molecule has 2 aliphatic heterocycles. The first kappa shape index (κ1) is 11.7. The van der Waals surface area contributed by atoms with E-state index < -0.39 is 0 Å². The van der Waals surface area contributed by atoms with Gasteiger partial charge in [-0.15, -0.1) is 0 Å². The minimum Gasteiger partial charge on any atom is -0.394 e. The lowest BCUT2D eigenvalue weighted by atomic mass is 9.94. The molecule has 3 atom stereocenters. The van der Waals surface area contributed by atoms with Gasteiger partial charge in [-0.3, -0.25) is 9.69 Å². The maximum absolute atomic E-state index is 11.8. The van der Waals surface area contributed by atoms with Crippen molar-refractivity contribution < 1.29 is 9.90 Å². The fourth-order valence-corrected chi connectivity index (χ4v) is 3.15. The van der Waals surface area contributed by atoms with Crippen molar-refractivity contribution in [1.82, 2.24) is 10.2 Å². The molecule has 0 aliphatic carbocycles. The van der Waals surface area contributed by atoms with Crippen molar-refractivity contribution in [2.45, 2.75) is 12.6 Å². The topological polar surface area (TPSA) is 52.6 Å². The Kier molecular flexibility index (Phi) is 3.06. The molecule has 0 saturated carbocycles. The quantitative estimate of drug-likeness (QED) is 0.802. The monoisotopic (exact) mass is 246 g/mol. The van der Waals surface area contributed by atoms with E-state index >= 15 is 0 Å². The summed E-state index contributed by atoms with van der Waals surface area (Å²) in [6.45, 7) is 2.64. The van der Waals surface area contributed by atoms with E-state index in [9.17, 15) is 9.90 Å². The van der Waals surface area contributed by atoms with E-state index in [0.29, 0.717) is 0 Å². The number of benzene rings is 1. The molecule has 0 aromatic heterocycles. The molecule has 96 valence electrons. The number of hydrogen-bond acceptors (Lipinski definition) is 3. The van der Waals surface area contributed by atoms with Crippen LogP contribution in [0.25, 0.3) is 0 Å². The van der Waals surface area contributed by atoms with Gasteiger partial charge >= 0.3 is 0 Å². The Morgan fingerprint density at radius 1 is 1.28 bits per heavy atom. The molecule has 18 heavy (non-hydrogen) atoms. The third-order valence-electron chi connectivity index (χ3n) is 4.07. The van der Waals surface area contributed by atoms with Crippen LogP contribution >= 0.6 is 0 Å². The Morgan fingerprint density at radius 3 is 2.78 bits per heavy atom. The lowest BCUT2D eigenvalue weighted by Gasteiger charge is -2.19. The number of carbonyl (C=O) groups is 1. The largest absolute Gasteiger partial charge is 0.394 e. The van der Waals surface area contributed by atoms with E-state index in [1.807, 2.05) is 18.2 Å². The maximum atomic E-state index is 11.8. The molecule has 0 bridgehead atoms. The molecule has 2 heterocycles. The number of aliphatic hydroxyl groups is 1. The Bertz CT molecular complexity index is 435. The lowest BCUT2D eigenvalue weighted by Crippen LogP contribution is -2.36. The van der Waals surface area contributed by atoms with Crippen LogP contribution in [0.15, 0.2) is 30.3 Å². The summed E-state index contributed by atoms with van der Waals surface area (Å²) in [6.07, 6.45) is 0.